The SMILES string of the molecule is CCC(CCO)CNCC(O)c1cccs1. The van der Waals surface area contributed by atoms with Gasteiger partial charge in [-0.3, -0.25) is 0 Å². The highest BCUT2D eigenvalue weighted by Gasteiger charge is 2.09. The van der Waals surface area contributed by atoms with Crippen molar-refractivity contribution in [1.29, 1.82) is 0 Å². The third kappa shape index (κ3) is 4.61. The van der Waals surface area contributed by atoms with Crippen LogP contribution in [0, 0.1) is 5.92 Å². The van der Waals surface area contributed by atoms with Crippen molar-refractivity contribution < 1.29 is 10.2 Å². The molecular weight excluding hydrogens is 222 g/mol. The number of hydrogen-bond acceptors (Lipinski definition) is 4. The van der Waals surface area contributed by atoms with Gasteiger partial charge in [0, 0.05) is 18.0 Å². The van der Waals surface area contributed by atoms with Crippen LogP contribution in [-0.4, -0.2) is 29.9 Å². The number of rotatable bonds is 8. The van der Waals surface area contributed by atoms with Gasteiger partial charge < -0.3 is 15.5 Å². The molecule has 1 heterocycles. The molecule has 1 aromatic rings. The van der Waals surface area contributed by atoms with E-state index in [0.29, 0.717) is 12.5 Å². The summed E-state index contributed by atoms with van der Waals surface area (Å²) in [5.74, 6) is 0.500. The molecule has 0 fully saturated rings. The summed E-state index contributed by atoms with van der Waals surface area (Å²) in [6, 6.07) is 3.89. The monoisotopic (exact) mass is 243 g/mol. The smallest absolute Gasteiger partial charge is 0.101 e. The molecule has 0 amide bonds. The van der Waals surface area contributed by atoms with Gasteiger partial charge in [0.25, 0.3) is 0 Å². The van der Waals surface area contributed by atoms with E-state index in [0.717, 1.165) is 24.3 Å². The Bertz CT molecular complexity index is 264. The highest BCUT2D eigenvalue weighted by atomic mass is 32.1. The minimum absolute atomic E-state index is 0.244. The first-order valence-corrected chi connectivity index (χ1v) is 6.69. The van der Waals surface area contributed by atoms with Gasteiger partial charge in [-0.1, -0.05) is 19.4 Å². The predicted octanol–water partition coefficient (Wildman–Crippen LogP) is 1.78. The second-order valence-electron chi connectivity index (χ2n) is 3.98. The Morgan fingerprint density at radius 3 is 2.81 bits per heavy atom. The fourth-order valence-electron chi connectivity index (χ4n) is 1.64. The average molecular weight is 243 g/mol. The molecule has 2 atom stereocenters. The van der Waals surface area contributed by atoms with E-state index in [-0.39, 0.29) is 6.61 Å². The number of nitrogens with one attached hydrogen (secondary N) is 1. The molecule has 3 nitrogen and oxygen atoms in total. The molecule has 0 aromatic carbocycles. The lowest BCUT2D eigenvalue weighted by atomic mass is 10.0. The maximum atomic E-state index is 9.82. The maximum Gasteiger partial charge on any atom is 0.101 e. The minimum atomic E-state index is -0.411. The molecule has 4 heteroatoms. The molecule has 16 heavy (non-hydrogen) atoms. The molecule has 0 saturated heterocycles. The minimum Gasteiger partial charge on any atom is -0.396 e. The molecule has 0 aliphatic rings. The van der Waals surface area contributed by atoms with E-state index in [9.17, 15) is 5.11 Å². The normalized spacial score (nSPS) is 14.9. The quantitative estimate of drug-likeness (QED) is 0.652. The van der Waals surface area contributed by atoms with Gasteiger partial charge in [0.15, 0.2) is 0 Å². The van der Waals surface area contributed by atoms with E-state index in [1.807, 2.05) is 17.5 Å². The van der Waals surface area contributed by atoms with Crippen LogP contribution in [0.3, 0.4) is 0 Å². The van der Waals surface area contributed by atoms with Crippen LogP contribution in [0.4, 0.5) is 0 Å². The van der Waals surface area contributed by atoms with Crippen LogP contribution in [-0.2, 0) is 0 Å². The second-order valence-corrected chi connectivity index (χ2v) is 4.96. The summed E-state index contributed by atoms with van der Waals surface area (Å²) in [4.78, 5) is 1.00. The molecule has 3 N–H and O–H groups in total. The Balaban J connectivity index is 2.19. The fraction of sp³-hybridized carbons (Fsp3) is 0.667. The Morgan fingerprint density at radius 1 is 1.44 bits per heavy atom. The van der Waals surface area contributed by atoms with Crippen LogP contribution in [0.2, 0.25) is 0 Å². The van der Waals surface area contributed by atoms with Crippen molar-refractivity contribution in [2.24, 2.45) is 5.92 Å². The highest BCUT2D eigenvalue weighted by molar-refractivity contribution is 7.10. The second kappa shape index (κ2) is 7.79. The standard InChI is InChI=1S/C12H21NO2S/c1-2-10(5-6-14)8-13-9-11(15)12-4-3-7-16-12/h3-4,7,10-11,13-15H,2,5-6,8-9H2,1H3. The number of aliphatic hydroxyl groups is 2. The predicted molar refractivity (Wildman–Crippen MR) is 67.6 cm³/mol. The topological polar surface area (TPSA) is 52.5 Å². The molecular formula is C12H21NO2S. The van der Waals surface area contributed by atoms with E-state index in [1.165, 1.54) is 0 Å². The summed E-state index contributed by atoms with van der Waals surface area (Å²) in [5.41, 5.74) is 0. The third-order valence-corrected chi connectivity index (χ3v) is 3.73. The van der Waals surface area contributed by atoms with Gasteiger partial charge in [-0.2, -0.15) is 0 Å². The fourth-order valence-corrected chi connectivity index (χ4v) is 2.35. The maximum absolute atomic E-state index is 9.82. The average Bonchev–Trinajstić information content (AvgIpc) is 2.81. The van der Waals surface area contributed by atoms with Crippen LogP contribution in [0.1, 0.15) is 30.7 Å². The molecule has 0 bridgehead atoms. The lowest BCUT2D eigenvalue weighted by Gasteiger charge is -2.16. The van der Waals surface area contributed by atoms with Crippen molar-refractivity contribution >= 4 is 11.3 Å². The molecule has 92 valence electrons. The first kappa shape index (κ1) is 13.6. The van der Waals surface area contributed by atoms with Crippen molar-refractivity contribution in [2.75, 3.05) is 19.7 Å². The van der Waals surface area contributed by atoms with Crippen LogP contribution >= 0.6 is 11.3 Å². The first-order valence-electron chi connectivity index (χ1n) is 5.81. The molecule has 1 rings (SSSR count). The van der Waals surface area contributed by atoms with E-state index < -0.39 is 6.10 Å². The molecule has 2 unspecified atom stereocenters. The number of thiophene rings is 1. The lowest BCUT2D eigenvalue weighted by molar-refractivity contribution is 0.174. The molecule has 0 aliphatic carbocycles. The van der Waals surface area contributed by atoms with Gasteiger partial charge >= 0.3 is 0 Å². The molecule has 1 aromatic heterocycles. The number of aliphatic hydroxyl groups excluding tert-OH is 2. The van der Waals surface area contributed by atoms with Gasteiger partial charge in [-0.05, 0) is 30.3 Å². The molecule has 0 aliphatic heterocycles. The lowest BCUT2D eigenvalue weighted by Crippen LogP contribution is -2.27. The zero-order valence-electron chi connectivity index (χ0n) is 9.72. The number of hydrogen-bond donors (Lipinski definition) is 3. The van der Waals surface area contributed by atoms with E-state index in [4.69, 9.17) is 5.11 Å². The van der Waals surface area contributed by atoms with Crippen molar-refractivity contribution in [2.45, 2.75) is 25.9 Å². The zero-order chi connectivity index (χ0) is 11.8. The Kier molecular flexibility index (Phi) is 6.64. The van der Waals surface area contributed by atoms with E-state index >= 15 is 0 Å². The van der Waals surface area contributed by atoms with Crippen LogP contribution in [0.15, 0.2) is 17.5 Å². The highest BCUT2D eigenvalue weighted by Crippen LogP contribution is 2.17. The van der Waals surface area contributed by atoms with Crippen molar-refractivity contribution in [1.82, 2.24) is 5.32 Å². The summed E-state index contributed by atoms with van der Waals surface area (Å²) in [6.45, 7) is 3.81. The van der Waals surface area contributed by atoms with Crippen molar-refractivity contribution in [3.8, 4) is 0 Å². The van der Waals surface area contributed by atoms with Gasteiger partial charge in [-0.25, -0.2) is 0 Å². The van der Waals surface area contributed by atoms with Gasteiger partial charge in [-0.15, -0.1) is 11.3 Å². The summed E-state index contributed by atoms with van der Waals surface area (Å²) in [5, 5.41) is 23.9. The molecule has 0 spiro atoms. The molecule has 0 saturated carbocycles. The summed E-state index contributed by atoms with van der Waals surface area (Å²) in [7, 11) is 0. The van der Waals surface area contributed by atoms with E-state index in [2.05, 4.69) is 12.2 Å². The van der Waals surface area contributed by atoms with Crippen molar-refractivity contribution in [3.05, 3.63) is 22.4 Å². The van der Waals surface area contributed by atoms with Crippen LogP contribution in [0.5, 0.6) is 0 Å². The Hall–Kier alpha value is -0.420. The summed E-state index contributed by atoms with van der Waals surface area (Å²) < 4.78 is 0. The van der Waals surface area contributed by atoms with Crippen LogP contribution < -0.4 is 5.32 Å². The zero-order valence-corrected chi connectivity index (χ0v) is 10.5. The summed E-state index contributed by atoms with van der Waals surface area (Å²) >= 11 is 1.58. The largest absolute Gasteiger partial charge is 0.396 e. The Labute approximate surface area is 101 Å². The molecule has 0 radical (unpaired) electrons. The van der Waals surface area contributed by atoms with Gasteiger partial charge in [0.1, 0.15) is 6.10 Å². The van der Waals surface area contributed by atoms with Gasteiger partial charge in [0.2, 0.25) is 0 Å². The summed E-state index contributed by atoms with van der Waals surface area (Å²) in [6.07, 6.45) is 1.48. The van der Waals surface area contributed by atoms with E-state index in [1.54, 1.807) is 11.3 Å². The Morgan fingerprint density at radius 2 is 2.25 bits per heavy atom. The van der Waals surface area contributed by atoms with Crippen LogP contribution in [0.25, 0.3) is 0 Å². The third-order valence-electron chi connectivity index (χ3n) is 2.76. The van der Waals surface area contributed by atoms with Gasteiger partial charge in [0.05, 0.1) is 0 Å². The first-order chi connectivity index (χ1) is 7.77. The van der Waals surface area contributed by atoms with Crippen molar-refractivity contribution in [3.63, 3.8) is 0 Å².